The Kier molecular flexibility index (Phi) is 4.77. The van der Waals surface area contributed by atoms with Gasteiger partial charge in [0.1, 0.15) is 17.5 Å². The second-order valence-corrected chi connectivity index (χ2v) is 9.07. The molecule has 2 heterocycles. The van der Waals surface area contributed by atoms with Gasteiger partial charge in [-0.15, -0.1) is 5.10 Å². The van der Waals surface area contributed by atoms with Crippen LogP contribution in [0.4, 0.5) is 5.95 Å². The van der Waals surface area contributed by atoms with Crippen LogP contribution in [0.25, 0.3) is 11.4 Å². The number of allylic oxidation sites excluding steroid dienone is 2. The Morgan fingerprint density at radius 1 is 1.03 bits per heavy atom. The van der Waals surface area contributed by atoms with Crippen molar-refractivity contribution in [1.29, 1.82) is 0 Å². The zero-order chi connectivity index (χ0) is 22.5. The number of nitrogens with one attached hydrogen (secondary N) is 1. The highest BCUT2D eigenvalue weighted by Gasteiger charge is 2.41. The van der Waals surface area contributed by atoms with E-state index in [1.54, 1.807) is 14.2 Å². The van der Waals surface area contributed by atoms with E-state index in [4.69, 9.17) is 19.6 Å². The Hall–Kier alpha value is -3.61. The number of benzene rings is 2. The minimum atomic E-state index is -0.345. The number of rotatable bonds is 4. The minimum absolute atomic E-state index is 0.106. The van der Waals surface area contributed by atoms with Crippen LogP contribution < -0.4 is 14.8 Å². The van der Waals surface area contributed by atoms with E-state index in [1.807, 2.05) is 53.2 Å². The van der Waals surface area contributed by atoms with Gasteiger partial charge in [-0.3, -0.25) is 4.79 Å². The second-order valence-electron chi connectivity index (χ2n) is 9.07. The molecule has 2 aromatic carbocycles. The highest BCUT2D eigenvalue weighted by atomic mass is 16.5. The molecule has 0 amide bonds. The van der Waals surface area contributed by atoms with Crippen molar-refractivity contribution in [3.05, 3.63) is 65.4 Å². The van der Waals surface area contributed by atoms with E-state index in [0.29, 0.717) is 18.2 Å². The van der Waals surface area contributed by atoms with Gasteiger partial charge >= 0.3 is 0 Å². The highest BCUT2D eigenvalue weighted by molar-refractivity contribution is 6.00. The summed E-state index contributed by atoms with van der Waals surface area (Å²) < 4.78 is 12.5. The van der Waals surface area contributed by atoms with Gasteiger partial charge in [-0.05, 0) is 41.7 Å². The summed E-state index contributed by atoms with van der Waals surface area (Å²) in [6, 6.07) is 15.1. The zero-order valence-corrected chi connectivity index (χ0v) is 18.7. The van der Waals surface area contributed by atoms with Crippen LogP contribution in [0.2, 0.25) is 0 Å². The maximum Gasteiger partial charge on any atom is 0.226 e. The van der Waals surface area contributed by atoms with E-state index in [9.17, 15) is 4.79 Å². The number of fused-ring (bicyclic) bond motifs is 1. The number of ketones is 1. The van der Waals surface area contributed by atoms with Crippen LogP contribution in [0, 0.1) is 5.41 Å². The molecular formula is C25H26N4O3. The molecule has 1 N–H and O–H groups in total. The summed E-state index contributed by atoms with van der Waals surface area (Å²) in [5.74, 6) is 2.87. The van der Waals surface area contributed by atoms with Crippen molar-refractivity contribution in [2.24, 2.45) is 5.41 Å². The molecule has 0 bridgehead atoms. The summed E-state index contributed by atoms with van der Waals surface area (Å²) in [4.78, 5) is 18.1. The molecule has 0 saturated carbocycles. The Balaban J connectivity index is 1.65. The van der Waals surface area contributed by atoms with Crippen LogP contribution in [0.1, 0.15) is 38.3 Å². The molecule has 3 aromatic rings. The fourth-order valence-corrected chi connectivity index (χ4v) is 4.59. The maximum absolute atomic E-state index is 13.3. The van der Waals surface area contributed by atoms with Crippen LogP contribution in [0.5, 0.6) is 11.5 Å². The van der Waals surface area contributed by atoms with E-state index < -0.39 is 0 Å². The van der Waals surface area contributed by atoms with Crippen molar-refractivity contribution < 1.29 is 14.3 Å². The standard InChI is InChI=1S/C25H26N4O3/c1-25(2)13-19-21(20(30)14-25)22(15-8-10-17(31-3)11-9-15)29-24(26-19)27-23(28-29)16-6-5-7-18(12-16)32-4/h5-12,22H,13-14H2,1-4H3,(H,26,27,28)/t22-/m0/s1. The number of ether oxygens (including phenoxy) is 2. The molecule has 1 aliphatic heterocycles. The Morgan fingerprint density at radius 2 is 1.78 bits per heavy atom. The number of carbonyl (C=O) groups excluding carboxylic acids is 1. The number of hydrogen-bond donors (Lipinski definition) is 1. The van der Waals surface area contributed by atoms with Gasteiger partial charge in [0.05, 0.1) is 14.2 Å². The number of carbonyl (C=O) groups is 1. The molecule has 5 rings (SSSR count). The maximum atomic E-state index is 13.3. The van der Waals surface area contributed by atoms with Gasteiger partial charge in [0.2, 0.25) is 5.95 Å². The lowest BCUT2D eigenvalue weighted by Gasteiger charge is -2.38. The van der Waals surface area contributed by atoms with E-state index in [1.165, 1.54) is 0 Å². The van der Waals surface area contributed by atoms with Gasteiger partial charge < -0.3 is 14.8 Å². The molecule has 0 radical (unpaired) electrons. The molecule has 0 unspecified atom stereocenters. The van der Waals surface area contributed by atoms with Crippen molar-refractivity contribution in [1.82, 2.24) is 14.8 Å². The predicted octanol–water partition coefficient (Wildman–Crippen LogP) is 4.62. The van der Waals surface area contributed by atoms with Crippen LogP contribution >= 0.6 is 0 Å². The molecule has 1 aromatic heterocycles. The van der Waals surface area contributed by atoms with E-state index in [0.717, 1.165) is 40.3 Å². The number of methoxy groups -OCH3 is 2. The molecular weight excluding hydrogens is 404 g/mol. The number of nitrogens with zero attached hydrogens (tertiary/aromatic N) is 3. The first-order chi connectivity index (χ1) is 15.4. The molecule has 32 heavy (non-hydrogen) atoms. The molecule has 164 valence electrons. The van der Waals surface area contributed by atoms with Gasteiger partial charge in [-0.25, -0.2) is 4.68 Å². The SMILES string of the molecule is COc1ccc([C@H]2C3=C(CC(C)(C)CC3=O)Nc3nc(-c4cccc(OC)c4)nn32)cc1. The first kappa shape index (κ1) is 20.3. The van der Waals surface area contributed by atoms with E-state index in [2.05, 4.69) is 19.2 Å². The van der Waals surface area contributed by atoms with Crippen molar-refractivity contribution in [3.8, 4) is 22.9 Å². The summed E-state index contributed by atoms with van der Waals surface area (Å²) in [5, 5.41) is 8.25. The largest absolute Gasteiger partial charge is 0.497 e. The Labute approximate surface area is 187 Å². The van der Waals surface area contributed by atoms with Gasteiger partial charge in [0.25, 0.3) is 0 Å². The smallest absolute Gasteiger partial charge is 0.226 e. The summed E-state index contributed by atoms with van der Waals surface area (Å²) in [7, 11) is 3.28. The minimum Gasteiger partial charge on any atom is -0.497 e. The lowest BCUT2D eigenvalue weighted by molar-refractivity contribution is -0.118. The highest BCUT2D eigenvalue weighted by Crippen LogP contribution is 2.45. The lowest BCUT2D eigenvalue weighted by atomic mass is 9.73. The fourth-order valence-electron chi connectivity index (χ4n) is 4.59. The first-order valence-electron chi connectivity index (χ1n) is 10.7. The number of aromatic nitrogens is 3. The normalized spacial score (nSPS) is 19.1. The quantitative estimate of drug-likeness (QED) is 0.651. The molecule has 2 aliphatic rings. The van der Waals surface area contributed by atoms with E-state index >= 15 is 0 Å². The van der Waals surface area contributed by atoms with Crippen molar-refractivity contribution >= 4 is 11.7 Å². The average molecular weight is 431 g/mol. The Bertz CT molecular complexity index is 1220. The summed E-state index contributed by atoms with van der Waals surface area (Å²) >= 11 is 0. The van der Waals surface area contributed by atoms with Crippen molar-refractivity contribution in [3.63, 3.8) is 0 Å². The fraction of sp³-hybridized carbons (Fsp3) is 0.320. The van der Waals surface area contributed by atoms with Crippen LogP contribution in [-0.2, 0) is 4.79 Å². The molecule has 0 spiro atoms. The van der Waals surface area contributed by atoms with Crippen LogP contribution in [0.3, 0.4) is 0 Å². The molecule has 0 fully saturated rings. The average Bonchev–Trinajstić information content (AvgIpc) is 3.21. The van der Waals surface area contributed by atoms with Gasteiger partial charge in [-0.1, -0.05) is 38.1 Å². The molecule has 1 atom stereocenters. The third kappa shape index (κ3) is 3.43. The number of Topliss-reactive ketones (excluding diaryl/α,β-unsaturated/α-hetero) is 1. The summed E-state index contributed by atoms with van der Waals surface area (Å²) in [5.41, 5.74) is 3.42. The Morgan fingerprint density at radius 3 is 2.50 bits per heavy atom. The molecule has 0 saturated heterocycles. The zero-order valence-electron chi connectivity index (χ0n) is 18.7. The molecule has 7 heteroatoms. The first-order valence-corrected chi connectivity index (χ1v) is 10.7. The summed E-state index contributed by atoms with van der Waals surface area (Å²) in [6.45, 7) is 4.25. The van der Waals surface area contributed by atoms with Crippen molar-refractivity contribution in [2.75, 3.05) is 19.5 Å². The van der Waals surface area contributed by atoms with Gasteiger partial charge in [0, 0.05) is 23.3 Å². The van der Waals surface area contributed by atoms with Crippen LogP contribution in [-0.4, -0.2) is 34.8 Å². The number of anilines is 1. The predicted molar refractivity (Wildman–Crippen MR) is 122 cm³/mol. The lowest BCUT2D eigenvalue weighted by Crippen LogP contribution is -2.36. The van der Waals surface area contributed by atoms with Gasteiger partial charge in [0.15, 0.2) is 11.6 Å². The van der Waals surface area contributed by atoms with Crippen LogP contribution in [0.15, 0.2) is 59.8 Å². The monoisotopic (exact) mass is 430 g/mol. The topological polar surface area (TPSA) is 78.3 Å². The third-order valence-electron chi connectivity index (χ3n) is 6.09. The molecule has 7 nitrogen and oxygen atoms in total. The third-order valence-corrected chi connectivity index (χ3v) is 6.09. The van der Waals surface area contributed by atoms with E-state index in [-0.39, 0.29) is 17.2 Å². The van der Waals surface area contributed by atoms with Gasteiger partial charge in [-0.2, -0.15) is 4.98 Å². The summed E-state index contributed by atoms with van der Waals surface area (Å²) in [6.07, 6.45) is 1.29. The number of hydrogen-bond acceptors (Lipinski definition) is 6. The second kappa shape index (κ2) is 7.51. The molecule has 1 aliphatic carbocycles. The van der Waals surface area contributed by atoms with Crippen molar-refractivity contribution in [2.45, 2.75) is 32.7 Å².